The van der Waals surface area contributed by atoms with Crippen LogP contribution in [0.1, 0.15) is 150 Å². The topological polar surface area (TPSA) is 531 Å². The molecule has 12 amide bonds. The molecule has 3 heterocycles. The fourth-order valence-corrected chi connectivity index (χ4v) is 12.0. The molecule has 34 heteroatoms. The lowest BCUT2D eigenvalue weighted by Gasteiger charge is -2.30. The van der Waals surface area contributed by atoms with Crippen LogP contribution in [0, 0.1) is 23.7 Å². The van der Waals surface area contributed by atoms with Gasteiger partial charge in [0.2, 0.25) is 70.9 Å². The number of imidazole rings is 1. The van der Waals surface area contributed by atoms with Crippen LogP contribution in [0.15, 0.2) is 47.8 Å². The van der Waals surface area contributed by atoms with E-state index in [9.17, 15) is 77.3 Å². The number of benzene rings is 1. The monoisotopic (exact) mass is 1420 g/mol. The lowest BCUT2D eigenvalue weighted by Crippen LogP contribution is -2.62. The van der Waals surface area contributed by atoms with Crippen LogP contribution in [0.5, 0.6) is 0 Å². The summed E-state index contributed by atoms with van der Waals surface area (Å²) in [5, 5.41) is 49.1. The van der Waals surface area contributed by atoms with Gasteiger partial charge >= 0.3 is 11.9 Å². The minimum atomic E-state index is -1.94. The van der Waals surface area contributed by atoms with Crippen LogP contribution in [-0.2, 0) is 80.0 Å². The van der Waals surface area contributed by atoms with Crippen molar-refractivity contribution in [3.8, 4) is 0 Å². The molecule has 20 N–H and O–H groups in total. The summed E-state index contributed by atoms with van der Waals surface area (Å²) in [4.78, 5) is 207. The van der Waals surface area contributed by atoms with Crippen molar-refractivity contribution in [1.82, 2.24) is 68.5 Å². The minimum Gasteiger partial charge on any atom is -0.481 e. The van der Waals surface area contributed by atoms with Crippen molar-refractivity contribution in [1.29, 1.82) is 0 Å². The van der Waals surface area contributed by atoms with Crippen molar-refractivity contribution in [3.05, 3.63) is 54.1 Å². The van der Waals surface area contributed by atoms with Gasteiger partial charge in [-0.25, -0.2) is 4.98 Å². The highest BCUT2D eigenvalue weighted by atomic mass is 32.2. The third-order valence-electron chi connectivity index (χ3n) is 17.5. The Kier molecular flexibility index (Phi) is 35.1. The molecule has 3 unspecified atom stereocenters. The first-order valence-corrected chi connectivity index (χ1v) is 35.1. The number of carboxylic acids is 2. The van der Waals surface area contributed by atoms with Gasteiger partial charge < -0.3 is 90.9 Å². The number of aromatic nitrogens is 2. The zero-order chi connectivity index (χ0) is 74.3. The number of primary amides is 1. The second-order valence-corrected chi connectivity index (χ2v) is 27.0. The van der Waals surface area contributed by atoms with E-state index in [0.29, 0.717) is 16.3 Å². The number of H-pyrrole nitrogens is 1. The van der Waals surface area contributed by atoms with E-state index in [0.717, 1.165) is 6.42 Å². The molecule has 1 fully saturated rings. The summed E-state index contributed by atoms with van der Waals surface area (Å²) in [6.07, 6.45) is 0.368. The van der Waals surface area contributed by atoms with Gasteiger partial charge in [0.05, 0.1) is 30.3 Å². The number of aliphatic carboxylic acids is 2. The molecular formula is C66H103N17O16S. The molecule has 0 spiro atoms. The SMILES string of the molecule is CCC(C)C(N)C1=NC(C(=O)N[C@@H](CC(C)C)C(=O)N[C@H](CCC(=O)O)C(=O)N[C@H](C(=O)N[C@H]2CCCCNC(=O)[C@@H](CC(N)=O)NC(=O)[C@H](CC(=O)O)NC(=O)[C@H](Cc3cnc[nH]3)NC(=O)[C@@H](Cc3ccccc3)NC(=O)[C@H]([C@@H](C)CC)NC(=O)[C@@H](CCCN)NC2=O)[C@@H](C)CC)CS1. The smallest absolute Gasteiger partial charge is 0.305 e. The molecule has 554 valence electrons. The molecule has 100 heavy (non-hydrogen) atoms. The Balaban J connectivity index is 1.77. The van der Waals surface area contributed by atoms with Crippen molar-refractivity contribution >= 4 is 99.6 Å². The highest BCUT2D eigenvalue weighted by Crippen LogP contribution is 2.25. The van der Waals surface area contributed by atoms with E-state index in [-0.39, 0.29) is 94.9 Å². The third-order valence-corrected chi connectivity index (χ3v) is 18.6. The Bertz CT molecular complexity index is 3160. The number of nitrogens with two attached hydrogens (primary N) is 3. The third kappa shape index (κ3) is 27.6. The first kappa shape index (κ1) is 83.4. The number of nitrogens with one attached hydrogen (secondary N) is 12. The van der Waals surface area contributed by atoms with Crippen LogP contribution in [0.2, 0.25) is 0 Å². The Morgan fingerprint density at radius 1 is 0.660 bits per heavy atom. The summed E-state index contributed by atoms with van der Waals surface area (Å²) >= 11 is 1.35. The average molecular weight is 1420 g/mol. The first-order valence-electron chi connectivity index (χ1n) is 34.1. The number of aromatic amines is 1. The van der Waals surface area contributed by atoms with Crippen molar-refractivity contribution < 1.29 is 77.3 Å². The summed E-state index contributed by atoms with van der Waals surface area (Å²) in [6.45, 7) is 14.1. The molecule has 15 atom stereocenters. The van der Waals surface area contributed by atoms with Gasteiger partial charge in [-0.05, 0) is 80.7 Å². The highest BCUT2D eigenvalue weighted by molar-refractivity contribution is 8.14. The fourth-order valence-electron chi connectivity index (χ4n) is 10.9. The second kappa shape index (κ2) is 42.1. The first-order chi connectivity index (χ1) is 47.4. The van der Waals surface area contributed by atoms with Crippen molar-refractivity contribution in [2.24, 2.45) is 45.9 Å². The maximum absolute atomic E-state index is 14.9. The number of amides is 12. The number of hydrogen-bond acceptors (Lipinski definition) is 19. The van der Waals surface area contributed by atoms with Crippen LogP contribution < -0.4 is 75.7 Å². The number of carbonyl (C=O) groups is 14. The van der Waals surface area contributed by atoms with Crippen molar-refractivity contribution in [2.45, 2.75) is 224 Å². The van der Waals surface area contributed by atoms with Crippen LogP contribution >= 0.6 is 11.8 Å². The molecular weight excluding hydrogens is 1320 g/mol. The quantitative estimate of drug-likeness (QED) is 0.0401. The van der Waals surface area contributed by atoms with Crippen LogP contribution in [0.25, 0.3) is 0 Å². The maximum atomic E-state index is 14.9. The molecule has 1 aromatic carbocycles. The Morgan fingerprint density at radius 2 is 1.26 bits per heavy atom. The Labute approximate surface area is 586 Å². The van der Waals surface area contributed by atoms with Gasteiger partial charge in [0.1, 0.15) is 66.5 Å². The Hall–Kier alpha value is -9.05. The predicted octanol–water partition coefficient (Wildman–Crippen LogP) is -1.68. The molecule has 1 saturated heterocycles. The number of nitrogens with zero attached hydrogens (tertiary/aromatic N) is 2. The van der Waals surface area contributed by atoms with E-state index in [1.54, 1.807) is 58.0 Å². The zero-order valence-corrected chi connectivity index (χ0v) is 59.0. The van der Waals surface area contributed by atoms with Crippen molar-refractivity contribution in [3.63, 3.8) is 0 Å². The van der Waals surface area contributed by atoms with Crippen LogP contribution in [0.4, 0.5) is 0 Å². The Morgan fingerprint density at radius 3 is 1.85 bits per heavy atom. The molecule has 0 aliphatic carbocycles. The lowest BCUT2D eigenvalue weighted by molar-refractivity contribution is -0.142. The average Bonchev–Trinajstić information content (AvgIpc) is 1.37. The van der Waals surface area contributed by atoms with Gasteiger partial charge in [0, 0.05) is 43.5 Å². The second-order valence-electron chi connectivity index (χ2n) is 26.0. The number of carbonyl (C=O) groups excluding carboxylic acids is 12. The maximum Gasteiger partial charge on any atom is 0.305 e. The van der Waals surface area contributed by atoms with Gasteiger partial charge in [-0.3, -0.25) is 72.1 Å². The van der Waals surface area contributed by atoms with E-state index in [2.05, 4.69) is 73.4 Å². The van der Waals surface area contributed by atoms with Crippen LogP contribution in [0.3, 0.4) is 0 Å². The number of aliphatic imine (C=N–C) groups is 1. The van der Waals surface area contributed by atoms with Crippen molar-refractivity contribution in [2.75, 3.05) is 18.8 Å². The molecule has 0 radical (unpaired) electrons. The number of carboxylic acid groups (broad SMARTS) is 2. The van der Waals surface area contributed by atoms with E-state index >= 15 is 0 Å². The molecule has 33 nitrogen and oxygen atoms in total. The standard InChI is InChI=1S/C66H103N17O16S/c1-9-35(6)52(69)66-81-48(32-100-66)63(97)76-43(26-34(4)5)59(93)74-42(22-23-50(85)86)58(92)83-53(36(7)10-2)64(98)75-40-20-15-16-25-71-55(89)46(29-49(68)84)78-62(96)47(30-51(87)88)79-61(95)45(28-39-31-70-33-72-39)77-60(94)44(27-38-18-13-12-14-19-38)80-65(99)54(37(8)11-3)82-57(91)41(21-17-24-67)73-56(40)90/h12-14,18-19,31,33-37,40-48,52-54H,9-11,15-17,20-30,32,67,69H2,1-8H3,(H2,68,84)(H,70,72)(H,71,89)(H,73,90)(H,74,93)(H,75,98)(H,76,97)(H,77,94)(H,78,96)(H,79,95)(H,80,99)(H,82,91)(H,83,92)(H,85,86)(H,87,88)/t35?,36-,37-,40-,41+,42+,43-,44+,45-,46+,47-,48?,52?,53-,54-/m0/s1. The largest absolute Gasteiger partial charge is 0.481 e. The highest BCUT2D eigenvalue weighted by Gasteiger charge is 2.40. The summed E-state index contributed by atoms with van der Waals surface area (Å²) in [7, 11) is 0. The molecule has 2 aliphatic heterocycles. The fraction of sp³-hybridized carbons (Fsp3) is 0.636. The lowest BCUT2D eigenvalue weighted by atomic mass is 9.96. The van der Waals surface area contributed by atoms with E-state index in [1.165, 1.54) is 24.3 Å². The molecule has 2 aliphatic rings. The summed E-state index contributed by atoms with van der Waals surface area (Å²) in [5.74, 6) is -15.4. The molecule has 0 bridgehead atoms. The summed E-state index contributed by atoms with van der Waals surface area (Å²) in [5.41, 5.74) is 18.7. The predicted molar refractivity (Wildman–Crippen MR) is 369 cm³/mol. The molecule has 1 aromatic heterocycles. The van der Waals surface area contributed by atoms with Gasteiger partial charge in [-0.15, -0.1) is 11.8 Å². The van der Waals surface area contributed by atoms with E-state index in [1.807, 2.05) is 27.7 Å². The number of rotatable bonds is 31. The summed E-state index contributed by atoms with van der Waals surface area (Å²) in [6, 6.07) is -8.34. The zero-order valence-electron chi connectivity index (χ0n) is 58.2. The molecule has 4 rings (SSSR count). The molecule has 0 saturated carbocycles. The van der Waals surface area contributed by atoms with Gasteiger partial charge in [0.25, 0.3) is 0 Å². The summed E-state index contributed by atoms with van der Waals surface area (Å²) < 4.78 is 0. The number of thioether (sulfide) groups is 1. The van der Waals surface area contributed by atoms with E-state index < -0.39 is 193 Å². The van der Waals surface area contributed by atoms with Crippen LogP contribution in [-0.4, -0.2) is 199 Å². The van der Waals surface area contributed by atoms with Gasteiger partial charge in [0.15, 0.2) is 0 Å². The van der Waals surface area contributed by atoms with Gasteiger partial charge in [-0.1, -0.05) is 105 Å². The minimum absolute atomic E-state index is 0.00117. The van der Waals surface area contributed by atoms with E-state index in [4.69, 9.17) is 17.2 Å². The normalized spacial score (nSPS) is 23.1. The number of hydrogen-bond donors (Lipinski definition) is 17. The van der Waals surface area contributed by atoms with Gasteiger partial charge in [-0.2, -0.15) is 0 Å². The molecule has 2 aromatic rings.